The maximum absolute atomic E-state index is 2.68. The molecule has 0 spiro atoms. The number of rotatable bonds is 7. The quantitative estimate of drug-likeness (QED) is 0.340. The molecule has 0 amide bonds. The number of halogens is 2. The van der Waals surface area contributed by atoms with Gasteiger partial charge in [0.1, 0.15) is 0 Å². The van der Waals surface area contributed by atoms with Crippen LogP contribution in [0.1, 0.15) is 48.9 Å². The molecular formula is C33H34Cl2GeZr. The Morgan fingerprint density at radius 1 is 0.649 bits per heavy atom. The van der Waals surface area contributed by atoms with E-state index in [0.717, 1.165) is 25.7 Å². The molecule has 0 aromatic heterocycles. The van der Waals surface area contributed by atoms with Crippen LogP contribution in [0.5, 0.6) is 0 Å². The first-order chi connectivity index (χ1) is 17.2. The zero-order chi connectivity index (χ0) is 24.2. The molecule has 0 aliphatic heterocycles. The molecule has 2 aliphatic carbocycles. The molecule has 3 aromatic rings. The summed E-state index contributed by atoms with van der Waals surface area (Å²) in [4.78, 5) is 0. The Labute approximate surface area is 244 Å². The van der Waals surface area contributed by atoms with Crippen LogP contribution >= 0.6 is 0 Å². The molecule has 0 N–H and O–H groups in total. The first kappa shape index (κ1) is 30.2. The van der Waals surface area contributed by atoms with E-state index in [1.807, 2.05) is 6.56 Å². The molecule has 2 aliphatic rings. The summed E-state index contributed by atoms with van der Waals surface area (Å²) >= 11 is -2.15. The molecule has 0 heterocycles. The van der Waals surface area contributed by atoms with Crippen LogP contribution in [-0.2, 0) is 31.5 Å². The second-order valence-electron chi connectivity index (χ2n) is 9.47. The number of hydrogen-bond donors (Lipinski definition) is 0. The van der Waals surface area contributed by atoms with Gasteiger partial charge >= 0.3 is 221 Å². The fraction of sp³-hybridized carbons (Fsp3) is 0.212. The largest absolute Gasteiger partial charge is 1.00 e. The molecule has 37 heavy (non-hydrogen) atoms. The summed E-state index contributed by atoms with van der Waals surface area (Å²) in [5.41, 5.74) is 8.86. The Kier molecular flexibility index (Phi) is 11.5. The molecule has 4 heteroatoms. The van der Waals surface area contributed by atoms with Crippen LogP contribution in [0.3, 0.4) is 0 Å². The molecule has 0 unspecified atom stereocenters. The predicted octanol–water partition coefficient (Wildman–Crippen LogP) is 2.01. The fourth-order valence-corrected chi connectivity index (χ4v) is 37.5. The van der Waals surface area contributed by atoms with Crippen LogP contribution in [0.4, 0.5) is 0 Å². The summed E-state index contributed by atoms with van der Waals surface area (Å²) in [6, 6.07) is 30.2. The van der Waals surface area contributed by atoms with Gasteiger partial charge in [0, 0.05) is 0 Å². The monoisotopic (exact) mass is 664 g/mol. The Morgan fingerprint density at radius 3 is 1.59 bits per heavy atom. The van der Waals surface area contributed by atoms with Gasteiger partial charge < -0.3 is 24.8 Å². The molecule has 0 fully saturated rings. The molecule has 0 nitrogen and oxygen atoms in total. The summed E-state index contributed by atoms with van der Waals surface area (Å²) in [6.07, 6.45) is 14.3. The van der Waals surface area contributed by atoms with Gasteiger partial charge in [-0.25, -0.2) is 0 Å². The summed E-state index contributed by atoms with van der Waals surface area (Å²) in [5.74, 6) is 2.68. The van der Waals surface area contributed by atoms with Crippen LogP contribution in [0, 0.1) is 0 Å². The molecule has 0 atom stereocenters. The van der Waals surface area contributed by atoms with Crippen molar-refractivity contribution in [3.05, 3.63) is 132 Å². The minimum absolute atomic E-state index is 0. The molecule has 0 bridgehead atoms. The van der Waals surface area contributed by atoms with E-state index >= 15 is 0 Å². The molecule has 0 saturated carbocycles. The third-order valence-corrected chi connectivity index (χ3v) is 37.5. The maximum Gasteiger partial charge on any atom is -1.00 e. The summed E-state index contributed by atoms with van der Waals surface area (Å²) in [7, 11) is -1.49. The van der Waals surface area contributed by atoms with Crippen molar-refractivity contribution >= 4 is 25.5 Å². The van der Waals surface area contributed by atoms with Crippen LogP contribution in [0.25, 0.3) is 11.1 Å². The van der Waals surface area contributed by atoms with Crippen LogP contribution in [0.15, 0.2) is 110 Å². The van der Waals surface area contributed by atoms with Crippen molar-refractivity contribution in [3.63, 3.8) is 0 Å². The van der Waals surface area contributed by atoms with Gasteiger partial charge in [-0.3, -0.25) is 0 Å². The molecule has 5 rings (SSSR count). The Bertz CT molecular complexity index is 1330. The van der Waals surface area contributed by atoms with Crippen LogP contribution < -0.4 is 29.2 Å². The third-order valence-electron chi connectivity index (χ3n) is 7.34. The van der Waals surface area contributed by atoms with E-state index in [2.05, 4.69) is 123 Å². The van der Waals surface area contributed by atoms with Gasteiger partial charge in [-0.2, -0.15) is 0 Å². The molecule has 3 aromatic carbocycles. The Balaban J connectivity index is 0.00000190. The fourth-order valence-electron chi connectivity index (χ4n) is 5.41. The van der Waals surface area contributed by atoms with Crippen molar-refractivity contribution in [1.29, 1.82) is 0 Å². The first-order valence-electron chi connectivity index (χ1n) is 12.9. The normalized spacial score (nSPS) is 13.8. The standard InChI is InChI=1S/2C13H13.C7H8Ge.2ClH.Zr/c2*1-2-11-6-5-9-13(10-11)12-7-3-4-8-12;1-8-7-5-3-2-4-6-7;;;/h2*3,5-7,9-10H,2,4H2,1H3;2-6H,1H3;2*1H;/q;;;;;+2/p-2. The SMILES string of the molecule is CCc1cccc(C2=[C]([Zr+2]([C]3=C(c4cccc(CC)c4)C=CC3)=[Ge]([CH3])[c]3ccccc3)CC=C2)c1.[Cl-].[Cl-]. The van der Waals surface area contributed by atoms with Gasteiger partial charge in [-0.15, -0.1) is 0 Å². The molecule has 188 valence electrons. The van der Waals surface area contributed by atoms with E-state index in [9.17, 15) is 0 Å². The summed E-state index contributed by atoms with van der Waals surface area (Å²) < 4.78 is 5.35. The first-order valence-corrected chi connectivity index (χ1v) is 26.0. The van der Waals surface area contributed by atoms with Crippen molar-refractivity contribution in [1.82, 2.24) is 0 Å². The number of aryl methyl sites for hydroxylation is 2. The van der Waals surface area contributed by atoms with Gasteiger partial charge in [0.2, 0.25) is 0 Å². The van der Waals surface area contributed by atoms with Crippen molar-refractivity contribution < 1.29 is 43.4 Å². The Hall–Kier alpha value is -1.37. The summed E-state index contributed by atoms with van der Waals surface area (Å²) in [6.45, 7) is 4.52. The molecule has 0 saturated heterocycles. The number of benzene rings is 3. The van der Waals surface area contributed by atoms with Crippen molar-refractivity contribution in [2.45, 2.75) is 45.3 Å². The van der Waals surface area contributed by atoms with E-state index < -0.39 is 28.6 Å². The zero-order valence-corrected chi connectivity index (χ0v) is 28.0. The minimum Gasteiger partial charge on any atom is -1.00 e. The van der Waals surface area contributed by atoms with Crippen LogP contribution in [0.2, 0.25) is 5.76 Å². The van der Waals surface area contributed by atoms with E-state index in [4.69, 9.17) is 0 Å². The minimum atomic E-state index is -2.15. The molecule has 0 radical (unpaired) electrons. The summed E-state index contributed by atoms with van der Waals surface area (Å²) in [5, 5.41) is 0. The Morgan fingerprint density at radius 2 is 1.14 bits per heavy atom. The van der Waals surface area contributed by atoms with Crippen molar-refractivity contribution in [2.24, 2.45) is 0 Å². The number of hydrogen-bond acceptors (Lipinski definition) is 0. The van der Waals surface area contributed by atoms with Gasteiger partial charge in [-0.05, 0) is 0 Å². The van der Waals surface area contributed by atoms with Gasteiger partial charge in [0.15, 0.2) is 0 Å². The van der Waals surface area contributed by atoms with E-state index in [-0.39, 0.29) is 24.8 Å². The van der Waals surface area contributed by atoms with E-state index in [0.29, 0.717) is 0 Å². The molecular weight excluding hydrogens is 631 g/mol. The van der Waals surface area contributed by atoms with Crippen molar-refractivity contribution in [2.75, 3.05) is 0 Å². The van der Waals surface area contributed by atoms with Gasteiger partial charge in [-0.1, -0.05) is 0 Å². The third kappa shape index (κ3) is 6.62. The average Bonchev–Trinajstić information content (AvgIpc) is 3.60. The zero-order valence-electron chi connectivity index (χ0n) is 21.9. The average molecular weight is 665 g/mol. The smallest absolute Gasteiger partial charge is 1.00 e. The van der Waals surface area contributed by atoms with E-state index in [1.54, 1.807) is 15.5 Å². The topological polar surface area (TPSA) is 0 Å². The van der Waals surface area contributed by atoms with E-state index in [1.165, 1.54) is 22.3 Å². The maximum atomic E-state index is 2.68. The van der Waals surface area contributed by atoms with Crippen LogP contribution in [-0.4, -0.2) is 9.98 Å². The van der Waals surface area contributed by atoms with Crippen molar-refractivity contribution in [3.8, 4) is 0 Å². The second kappa shape index (κ2) is 14.1. The van der Waals surface area contributed by atoms with Gasteiger partial charge in [0.25, 0.3) is 0 Å². The predicted molar refractivity (Wildman–Crippen MR) is 151 cm³/mol. The van der Waals surface area contributed by atoms with Gasteiger partial charge in [0.05, 0.1) is 0 Å². The second-order valence-corrected chi connectivity index (χ2v) is 33.9. The number of allylic oxidation sites excluding steroid dienone is 8.